The summed E-state index contributed by atoms with van der Waals surface area (Å²) in [5.74, 6) is -0.487. The first-order valence-corrected chi connectivity index (χ1v) is 6.95. The first kappa shape index (κ1) is 15.1. The van der Waals surface area contributed by atoms with E-state index >= 15 is 0 Å². The molecule has 1 aromatic rings. The summed E-state index contributed by atoms with van der Waals surface area (Å²) in [7, 11) is 1.75. The normalized spacial score (nSPS) is 13.7. The van der Waals surface area contributed by atoms with Crippen LogP contribution in [0.2, 0.25) is 0 Å². The van der Waals surface area contributed by atoms with Crippen molar-refractivity contribution in [3.8, 4) is 5.75 Å². The van der Waals surface area contributed by atoms with Gasteiger partial charge in [0.15, 0.2) is 6.61 Å². The van der Waals surface area contributed by atoms with Crippen LogP contribution in [0.4, 0.5) is 0 Å². The Hall–Kier alpha value is -2.30. The Kier molecular flexibility index (Phi) is 4.98. The van der Waals surface area contributed by atoms with Gasteiger partial charge in [-0.1, -0.05) is 18.2 Å². The molecule has 0 atom stereocenters. The molecule has 1 aromatic carbocycles. The average Bonchev–Trinajstić information content (AvgIpc) is 2.97. The van der Waals surface area contributed by atoms with E-state index in [0.29, 0.717) is 11.3 Å². The maximum Gasteiger partial charge on any atom is 0.307 e. The van der Waals surface area contributed by atoms with Crippen molar-refractivity contribution in [3.63, 3.8) is 0 Å². The molecule has 0 saturated heterocycles. The number of amides is 1. The molecule has 1 amide bonds. The lowest BCUT2D eigenvalue weighted by Gasteiger charge is -2.18. The van der Waals surface area contributed by atoms with Crippen molar-refractivity contribution in [3.05, 3.63) is 41.6 Å². The molecular weight excluding hydrogens is 270 g/mol. The molecule has 0 spiro atoms. The van der Waals surface area contributed by atoms with E-state index in [2.05, 4.69) is 6.08 Å². The van der Waals surface area contributed by atoms with E-state index < -0.39 is 5.97 Å². The van der Waals surface area contributed by atoms with Gasteiger partial charge < -0.3 is 14.7 Å². The summed E-state index contributed by atoms with van der Waals surface area (Å²) in [5, 5.41) is 8.76. The van der Waals surface area contributed by atoms with Crippen LogP contribution in [0.3, 0.4) is 0 Å². The Morgan fingerprint density at radius 3 is 2.86 bits per heavy atom. The number of carbonyl (C=O) groups excluding carboxylic acids is 1. The Labute approximate surface area is 123 Å². The lowest BCUT2D eigenvalue weighted by atomic mass is 10.1. The van der Waals surface area contributed by atoms with E-state index in [1.54, 1.807) is 36.2 Å². The molecule has 5 nitrogen and oxygen atoms in total. The van der Waals surface area contributed by atoms with Crippen molar-refractivity contribution in [2.24, 2.45) is 0 Å². The molecule has 5 heteroatoms. The van der Waals surface area contributed by atoms with Crippen LogP contribution in [0.15, 0.2) is 36.0 Å². The van der Waals surface area contributed by atoms with Crippen LogP contribution < -0.4 is 4.74 Å². The number of carboxylic acids is 1. The SMILES string of the molecule is CN(C(=O)COc1cccc(CC(=O)O)c1)C1=CCCC1. The number of likely N-dealkylation sites (N-methyl/N-ethyl adjacent to an activating group) is 1. The summed E-state index contributed by atoms with van der Waals surface area (Å²) >= 11 is 0. The summed E-state index contributed by atoms with van der Waals surface area (Å²) < 4.78 is 5.46. The summed E-state index contributed by atoms with van der Waals surface area (Å²) in [6.45, 7) is -0.0512. The molecule has 0 aromatic heterocycles. The van der Waals surface area contributed by atoms with Crippen LogP contribution in [-0.4, -0.2) is 35.5 Å². The van der Waals surface area contributed by atoms with Crippen molar-refractivity contribution < 1.29 is 19.4 Å². The van der Waals surface area contributed by atoms with Gasteiger partial charge >= 0.3 is 5.97 Å². The molecule has 0 aliphatic heterocycles. The van der Waals surface area contributed by atoms with Gasteiger partial charge in [-0.25, -0.2) is 0 Å². The highest BCUT2D eigenvalue weighted by atomic mass is 16.5. The van der Waals surface area contributed by atoms with Gasteiger partial charge in [0, 0.05) is 12.7 Å². The monoisotopic (exact) mass is 289 g/mol. The highest BCUT2D eigenvalue weighted by molar-refractivity contribution is 5.79. The van der Waals surface area contributed by atoms with E-state index in [-0.39, 0.29) is 18.9 Å². The largest absolute Gasteiger partial charge is 0.484 e. The maximum atomic E-state index is 12.0. The molecule has 0 saturated carbocycles. The van der Waals surface area contributed by atoms with Crippen LogP contribution in [0.5, 0.6) is 5.75 Å². The number of hydrogen-bond acceptors (Lipinski definition) is 3. The number of aliphatic carboxylic acids is 1. The Morgan fingerprint density at radius 2 is 2.19 bits per heavy atom. The van der Waals surface area contributed by atoms with Crippen molar-refractivity contribution in [1.29, 1.82) is 0 Å². The molecule has 1 aliphatic carbocycles. The Bertz CT molecular complexity index is 565. The van der Waals surface area contributed by atoms with E-state index in [1.807, 2.05) is 0 Å². The highest BCUT2D eigenvalue weighted by Gasteiger charge is 2.16. The van der Waals surface area contributed by atoms with Gasteiger partial charge in [0.05, 0.1) is 6.42 Å². The van der Waals surface area contributed by atoms with Gasteiger partial charge in [-0.3, -0.25) is 9.59 Å². The Balaban J connectivity index is 1.90. The van der Waals surface area contributed by atoms with Crippen molar-refractivity contribution in [2.45, 2.75) is 25.7 Å². The smallest absolute Gasteiger partial charge is 0.307 e. The van der Waals surface area contributed by atoms with Gasteiger partial charge in [-0.05, 0) is 37.0 Å². The summed E-state index contributed by atoms with van der Waals surface area (Å²) in [6.07, 6.45) is 5.05. The number of benzene rings is 1. The third-order valence-corrected chi connectivity index (χ3v) is 3.44. The predicted molar refractivity (Wildman–Crippen MR) is 78.0 cm³/mol. The average molecular weight is 289 g/mol. The zero-order valence-electron chi connectivity index (χ0n) is 12.0. The number of carboxylic acid groups (broad SMARTS) is 1. The molecule has 0 unspecified atom stereocenters. The van der Waals surface area contributed by atoms with Crippen molar-refractivity contribution >= 4 is 11.9 Å². The van der Waals surface area contributed by atoms with Crippen LogP contribution in [0.25, 0.3) is 0 Å². The summed E-state index contributed by atoms with van der Waals surface area (Å²) in [4.78, 5) is 24.3. The molecule has 1 N–H and O–H groups in total. The number of allylic oxidation sites excluding steroid dienone is 2. The Morgan fingerprint density at radius 1 is 1.38 bits per heavy atom. The fourth-order valence-corrected chi connectivity index (χ4v) is 2.28. The number of ether oxygens (including phenoxy) is 1. The number of carbonyl (C=O) groups is 2. The molecule has 0 radical (unpaired) electrons. The van der Waals surface area contributed by atoms with Gasteiger partial charge in [0.25, 0.3) is 5.91 Å². The molecule has 1 aliphatic rings. The molecule has 21 heavy (non-hydrogen) atoms. The number of hydrogen-bond donors (Lipinski definition) is 1. The first-order chi connectivity index (χ1) is 10.1. The van der Waals surface area contributed by atoms with Gasteiger partial charge in [-0.2, -0.15) is 0 Å². The molecule has 0 bridgehead atoms. The quantitative estimate of drug-likeness (QED) is 0.872. The van der Waals surface area contributed by atoms with E-state index in [9.17, 15) is 9.59 Å². The molecule has 112 valence electrons. The standard InChI is InChI=1S/C16H19NO4/c1-17(13-6-2-3-7-13)15(18)11-21-14-8-4-5-12(9-14)10-16(19)20/h4-6,8-9H,2-3,7,10-11H2,1H3,(H,19,20). The minimum atomic E-state index is -0.892. The first-order valence-electron chi connectivity index (χ1n) is 6.95. The van der Waals surface area contributed by atoms with Crippen molar-refractivity contribution in [1.82, 2.24) is 4.90 Å². The molecule has 2 rings (SSSR count). The van der Waals surface area contributed by atoms with Gasteiger partial charge in [0.2, 0.25) is 0 Å². The fraction of sp³-hybridized carbons (Fsp3) is 0.375. The second-order valence-electron chi connectivity index (χ2n) is 5.05. The fourth-order valence-electron chi connectivity index (χ4n) is 2.28. The van der Waals surface area contributed by atoms with Crippen LogP contribution in [0.1, 0.15) is 24.8 Å². The molecule has 0 fully saturated rings. The van der Waals surface area contributed by atoms with Crippen LogP contribution >= 0.6 is 0 Å². The van der Waals surface area contributed by atoms with E-state index in [4.69, 9.17) is 9.84 Å². The predicted octanol–water partition coefficient (Wildman–Crippen LogP) is 2.22. The molecular formula is C16H19NO4. The number of rotatable bonds is 6. The van der Waals surface area contributed by atoms with Crippen LogP contribution in [0, 0.1) is 0 Å². The maximum absolute atomic E-state index is 12.0. The van der Waals surface area contributed by atoms with E-state index in [1.165, 1.54) is 0 Å². The topological polar surface area (TPSA) is 66.8 Å². The number of nitrogens with zero attached hydrogens (tertiary/aromatic N) is 1. The molecule has 0 heterocycles. The van der Waals surface area contributed by atoms with Gasteiger partial charge in [0.1, 0.15) is 5.75 Å². The minimum absolute atomic E-state index is 0.0512. The van der Waals surface area contributed by atoms with Gasteiger partial charge in [-0.15, -0.1) is 0 Å². The second-order valence-corrected chi connectivity index (χ2v) is 5.05. The lowest BCUT2D eigenvalue weighted by Crippen LogP contribution is -2.30. The lowest BCUT2D eigenvalue weighted by molar-refractivity contribution is -0.136. The minimum Gasteiger partial charge on any atom is -0.484 e. The van der Waals surface area contributed by atoms with Crippen LogP contribution in [-0.2, 0) is 16.0 Å². The van der Waals surface area contributed by atoms with Crippen molar-refractivity contribution in [2.75, 3.05) is 13.7 Å². The highest BCUT2D eigenvalue weighted by Crippen LogP contribution is 2.20. The summed E-state index contributed by atoms with van der Waals surface area (Å²) in [6, 6.07) is 6.81. The third kappa shape index (κ3) is 4.34. The third-order valence-electron chi connectivity index (χ3n) is 3.44. The summed E-state index contributed by atoms with van der Waals surface area (Å²) in [5.41, 5.74) is 1.70. The second kappa shape index (κ2) is 6.92. The zero-order chi connectivity index (χ0) is 15.2. The van der Waals surface area contributed by atoms with E-state index in [0.717, 1.165) is 25.0 Å². The zero-order valence-corrected chi connectivity index (χ0v) is 12.0.